The summed E-state index contributed by atoms with van der Waals surface area (Å²) in [6, 6.07) is 3.09. The number of allylic oxidation sites excluding steroid dienone is 1. The highest BCUT2D eigenvalue weighted by atomic mass is 16.5. The minimum atomic E-state index is -0.545. The number of nitrogens with one attached hydrogen (secondary N) is 1. The van der Waals surface area contributed by atoms with Gasteiger partial charge in [0, 0.05) is 19.4 Å². The predicted octanol–water partition coefficient (Wildman–Crippen LogP) is 1.24. The summed E-state index contributed by atoms with van der Waals surface area (Å²) in [7, 11) is 1.54. The molecule has 24 heavy (non-hydrogen) atoms. The van der Waals surface area contributed by atoms with Crippen molar-refractivity contribution >= 4 is 17.5 Å². The number of amides is 2. The predicted molar refractivity (Wildman–Crippen MR) is 88.3 cm³/mol. The van der Waals surface area contributed by atoms with Crippen LogP contribution in [0.25, 0.3) is 0 Å². The minimum absolute atomic E-state index is 0.0434. The van der Waals surface area contributed by atoms with E-state index in [2.05, 4.69) is 5.32 Å². The van der Waals surface area contributed by atoms with E-state index in [0.29, 0.717) is 23.2 Å². The van der Waals surface area contributed by atoms with Gasteiger partial charge < -0.3 is 25.8 Å². The Kier molecular flexibility index (Phi) is 4.02. The number of carbonyl (C=O) groups excluding carboxylic acids is 2. The van der Waals surface area contributed by atoms with E-state index in [9.17, 15) is 14.7 Å². The summed E-state index contributed by atoms with van der Waals surface area (Å²) in [6.07, 6.45) is 4.56. The molecular formula is C17H19N3O4. The van der Waals surface area contributed by atoms with Gasteiger partial charge in [-0.3, -0.25) is 9.59 Å². The first-order valence-corrected chi connectivity index (χ1v) is 7.55. The molecule has 0 bridgehead atoms. The number of hydrogen-bond acceptors (Lipinski definition) is 5. The zero-order valence-corrected chi connectivity index (χ0v) is 13.4. The molecule has 0 fully saturated rings. The first kappa shape index (κ1) is 16.1. The number of carbonyl (C=O) groups is 2. The fraction of sp³-hybridized carbons (Fsp3) is 0.294. The third-order valence-electron chi connectivity index (χ3n) is 4.30. The molecule has 0 aromatic heterocycles. The summed E-state index contributed by atoms with van der Waals surface area (Å²) >= 11 is 0. The molecule has 0 saturated carbocycles. The van der Waals surface area contributed by atoms with Gasteiger partial charge in [-0.05, 0) is 30.5 Å². The van der Waals surface area contributed by atoms with Gasteiger partial charge in [0.15, 0.2) is 0 Å². The molecule has 0 spiro atoms. The highest BCUT2D eigenvalue weighted by Gasteiger charge is 2.40. The normalized spacial score (nSPS) is 22.7. The van der Waals surface area contributed by atoms with E-state index in [1.165, 1.54) is 13.2 Å². The minimum Gasteiger partial charge on any atom is -0.505 e. The quantitative estimate of drug-likeness (QED) is 0.571. The summed E-state index contributed by atoms with van der Waals surface area (Å²) in [5, 5.41) is 13.4. The van der Waals surface area contributed by atoms with Gasteiger partial charge in [0.1, 0.15) is 12.0 Å². The van der Waals surface area contributed by atoms with Crippen molar-refractivity contribution in [2.24, 2.45) is 5.73 Å². The fourth-order valence-electron chi connectivity index (χ4n) is 3.04. The molecule has 0 aliphatic carbocycles. The Morgan fingerprint density at radius 1 is 1.50 bits per heavy atom. The average molecular weight is 329 g/mol. The lowest BCUT2D eigenvalue weighted by Crippen LogP contribution is -2.43. The Morgan fingerprint density at radius 3 is 2.92 bits per heavy atom. The van der Waals surface area contributed by atoms with Crippen LogP contribution < -0.4 is 11.1 Å². The highest BCUT2D eigenvalue weighted by Crippen LogP contribution is 2.38. The molecule has 7 nitrogen and oxygen atoms in total. The molecule has 0 saturated heterocycles. The Hall–Kier alpha value is -2.80. The van der Waals surface area contributed by atoms with Crippen molar-refractivity contribution in [2.45, 2.75) is 25.6 Å². The van der Waals surface area contributed by atoms with Gasteiger partial charge in [-0.15, -0.1) is 0 Å². The number of aryl methyl sites for hydroxylation is 1. The molecule has 0 unspecified atom stereocenters. The van der Waals surface area contributed by atoms with Crippen LogP contribution in [-0.2, 0) is 9.53 Å². The third kappa shape index (κ3) is 2.63. The number of anilines is 1. The van der Waals surface area contributed by atoms with Gasteiger partial charge in [-0.2, -0.15) is 0 Å². The number of phenols is 1. The van der Waals surface area contributed by atoms with Crippen LogP contribution in [0.2, 0.25) is 0 Å². The molecular weight excluding hydrogens is 310 g/mol. The van der Waals surface area contributed by atoms with Gasteiger partial charge >= 0.3 is 0 Å². The van der Waals surface area contributed by atoms with Gasteiger partial charge in [0.05, 0.1) is 17.3 Å². The van der Waals surface area contributed by atoms with E-state index < -0.39 is 12.1 Å². The van der Waals surface area contributed by atoms with Crippen molar-refractivity contribution in [3.63, 3.8) is 0 Å². The van der Waals surface area contributed by atoms with Gasteiger partial charge in [0.25, 0.3) is 5.91 Å². The van der Waals surface area contributed by atoms with Gasteiger partial charge in [0.2, 0.25) is 5.91 Å². The maximum atomic E-state index is 12.9. The Balaban J connectivity index is 2.04. The number of ether oxygens (including phenoxy) is 1. The second kappa shape index (κ2) is 6.01. The van der Waals surface area contributed by atoms with E-state index >= 15 is 0 Å². The molecule has 0 radical (unpaired) electrons. The molecule has 2 amide bonds. The maximum Gasteiger partial charge on any atom is 0.260 e. The average Bonchev–Trinajstić information content (AvgIpc) is 2.93. The molecule has 4 N–H and O–H groups in total. The number of phenolic OH excluding ortho intramolecular Hbond substituents is 1. The number of hydrogen-bond donors (Lipinski definition) is 3. The number of methoxy groups -OCH3 is 1. The summed E-state index contributed by atoms with van der Waals surface area (Å²) in [4.78, 5) is 25.4. The van der Waals surface area contributed by atoms with Crippen LogP contribution in [-0.4, -0.2) is 41.2 Å². The molecule has 2 aliphatic heterocycles. The zero-order chi connectivity index (χ0) is 17.4. The van der Waals surface area contributed by atoms with Gasteiger partial charge in [-0.25, -0.2) is 0 Å². The Labute approximate surface area is 139 Å². The smallest absolute Gasteiger partial charge is 0.260 e. The van der Waals surface area contributed by atoms with Crippen molar-refractivity contribution in [1.82, 2.24) is 4.90 Å². The lowest BCUT2D eigenvalue weighted by Gasteiger charge is -2.27. The van der Waals surface area contributed by atoms with Crippen LogP contribution in [0.4, 0.5) is 5.69 Å². The lowest BCUT2D eigenvalue weighted by molar-refractivity contribution is -0.113. The summed E-state index contributed by atoms with van der Waals surface area (Å²) < 4.78 is 5.49. The number of primary amides is 1. The van der Waals surface area contributed by atoms with Crippen LogP contribution in [0.15, 0.2) is 36.1 Å². The number of benzene rings is 1. The molecule has 126 valence electrons. The molecule has 3 rings (SSSR count). The van der Waals surface area contributed by atoms with E-state index in [0.717, 1.165) is 5.57 Å². The van der Waals surface area contributed by atoms with Crippen molar-refractivity contribution in [3.05, 3.63) is 47.2 Å². The van der Waals surface area contributed by atoms with E-state index in [4.69, 9.17) is 10.5 Å². The Morgan fingerprint density at radius 2 is 2.25 bits per heavy atom. The van der Waals surface area contributed by atoms with Crippen LogP contribution in [0.5, 0.6) is 5.75 Å². The van der Waals surface area contributed by atoms with Crippen molar-refractivity contribution in [3.8, 4) is 5.75 Å². The summed E-state index contributed by atoms with van der Waals surface area (Å²) in [5.41, 5.74) is 7.35. The van der Waals surface area contributed by atoms with Crippen LogP contribution in [0.3, 0.4) is 0 Å². The number of rotatable bonds is 3. The van der Waals surface area contributed by atoms with Crippen molar-refractivity contribution < 1.29 is 19.4 Å². The molecule has 1 aromatic rings. The standard InChI is InChI=1S/C17H19N3O4/c1-9-3-5-11-14(15(9)22)19-16(24-2)12-7-10(4-6-13(18)21)8-20(12)17(11)23/h3-6,8,12,16,19,22H,7H2,1-2H3,(H2,18,21)/b6-4+/t12-,16+/m1/s1. The van der Waals surface area contributed by atoms with Crippen LogP contribution >= 0.6 is 0 Å². The molecule has 1 aromatic carbocycles. The van der Waals surface area contributed by atoms with Crippen molar-refractivity contribution in [1.29, 1.82) is 0 Å². The first-order valence-electron chi connectivity index (χ1n) is 7.55. The number of nitrogens with zero attached hydrogens (tertiary/aromatic N) is 1. The summed E-state index contributed by atoms with van der Waals surface area (Å²) in [6.45, 7) is 1.77. The molecule has 2 aliphatic rings. The largest absolute Gasteiger partial charge is 0.505 e. The summed E-state index contributed by atoms with van der Waals surface area (Å²) in [5.74, 6) is -0.738. The number of fused-ring (bicyclic) bond motifs is 2. The number of nitrogens with two attached hydrogens (primary N) is 1. The second-order valence-corrected chi connectivity index (χ2v) is 5.88. The zero-order valence-electron chi connectivity index (χ0n) is 13.4. The van der Waals surface area contributed by atoms with Crippen molar-refractivity contribution in [2.75, 3.05) is 12.4 Å². The maximum absolute atomic E-state index is 12.9. The molecule has 7 heteroatoms. The second-order valence-electron chi connectivity index (χ2n) is 5.88. The lowest BCUT2D eigenvalue weighted by atomic mass is 10.1. The topological polar surface area (TPSA) is 105 Å². The molecule has 2 heterocycles. The third-order valence-corrected chi connectivity index (χ3v) is 4.30. The number of aromatic hydroxyl groups is 1. The monoisotopic (exact) mass is 329 g/mol. The van der Waals surface area contributed by atoms with E-state index in [1.807, 2.05) is 0 Å². The fourth-order valence-corrected chi connectivity index (χ4v) is 3.04. The SMILES string of the molecule is CO[C@@H]1Nc2c(ccc(C)c2O)C(=O)N2C=C(/C=C/C(N)=O)C[C@H]12. The van der Waals surface area contributed by atoms with Crippen LogP contribution in [0, 0.1) is 6.92 Å². The molecule has 2 atom stereocenters. The van der Waals surface area contributed by atoms with E-state index in [-0.39, 0.29) is 17.7 Å². The van der Waals surface area contributed by atoms with Gasteiger partial charge in [-0.1, -0.05) is 12.1 Å². The Bertz CT molecular complexity index is 769. The van der Waals surface area contributed by atoms with Crippen LogP contribution in [0.1, 0.15) is 22.3 Å². The highest BCUT2D eigenvalue weighted by molar-refractivity contribution is 6.03. The van der Waals surface area contributed by atoms with E-state index in [1.54, 1.807) is 36.2 Å². The first-order chi connectivity index (χ1) is 11.4.